The monoisotopic (exact) mass is 182 g/mol. The van der Waals surface area contributed by atoms with Gasteiger partial charge in [0, 0.05) is 0 Å². The molecule has 1 aromatic heterocycles. The van der Waals surface area contributed by atoms with Crippen molar-refractivity contribution in [2.45, 2.75) is 6.04 Å². The van der Waals surface area contributed by atoms with Crippen molar-refractivity contribution in [3.05, 3.63) is 29.6 Å². The average Bonchev–Trinajstić information content (AvgIpc) is 2.17. The lowest BCUT2D eigenvalue weighted by atomic mass is 10.2. The van der Waals surface area contributed by atoms with Crippen molar-refractivity contribution in [2.24, 2.45) is 5.73 Å². The third-order valence-electron chi connectivity index (χ3n) is 1.57. The van der Waals surface area contributed by atoms with Crippen LogP contribution in [-0.2, 0) is 0 Å². The molecular weight excluding hydrogens is 172 g/mol. The Hall–Kier alpha value is -1.46. The minimum atomic E-state index is -1.10. The molecule has 13 heavy (non-hydrogen) atoms. The van der Waals surface area contributed by atoms with E-state index in [4.69, 9.17) is 15.9 Å². The normalized spacial score (nSPS) is 12.5. The molecule has 1 atom stereocenters. The summed E-state index contributed by atoms with van der Waals surface area (Å²) >= 11 is 0. The molecule has 0 aliphatic rings. The summed E-state index contributed by atoms with van der Waals surface area (Å²) < 4.78 is 0. The Balaban J connectivity index is 2.98. The molecular formula is C8H10N2O3. The van der Waals surface area contributed by atoms with E-state index in [0.717, 1.165) is 0 Å². The molecule has 1 rings (SSSR count). The Kier molecular flexibility index (Phi) is 2.94. The van der Waals surface area contributed by atoms with Gasteiger partial charge < -0.3 is 15.9 Å². The van der Waals surface area contributed by atoms with E-state index in [1.807, 2.05) is 0 Å². The second kappa shape index (κ2) is 3.97. The summed E-state index contributed by atoms with van der Waals surface area (Å²) in [5, 5.41) is 17.3. The maximum absolute atomic E-state index is 10.5. The van der Waals surface area contributed by atoms with Crippen LogP contribution in [0.4, 0.5) is 0 Å². The fourth-order valence-corrected chi connectivity index (χ4v) is 0.871. The highest BCUT2D eigenvalue weighted by atomic mass is 16.4. The zero-order valence-electron chi connectivity index (χ0n) is 6.84. The van der Waals surface area contributed by atoms with E-state index >= 15 is 0 Å². The molecule has 5 heteroatoms. The number of aliphatic hydroxyl groups is 1. The molecule has 0 radical (unpaired) electrons. The number of hydrogen-bond donors (Lipinski definition) is 3. The topological polar surface area (TPSA) is 96.4 Å². The van der Waals surface area contributed by atoms with Crippen molar-refractivity contribution in [2.75, 3.05) is 6.61 Å². The second-order valence-corrected chi connectivity index (χ2v) is 2.54. The number of carboxylic acids is 1. The Morgan fingerprint density at radius 3 is 2.85 bits per heavy atom. The van der Waals surface area contributed by atoms with Gasteiger partial charge in [-0.25, -0.2) is 9.78 Å². The highest BCUT2D eigenvalue weighted by molar-refractivity contribution is 5.85. The lowest BCUT2D eigenvalue weighted by molar-refractivity contribution is 0.0690. The number of nitrogens with zero attached hydrogens (tertiary/aromatic N) is 1. The van der Waals surface area contributed by atoms with Crippen LogP contribution in [0.2, 0.25) is 0 Å². The number of carbonyl (C=O) groups is 1. The standard InChI is InChI=1S/C8H10N2O3/c9-5(4-11)6-2-1-3-7(10-6)8(12)13/h1-3,5,11H,4,9H2,(H,12,13)/t5-/m1/s1. The lowest BCUT2D eigenvalue weighted by Crippen LogP contribution is -2.17. The third-order valence-corrected chi connectivity index (χ3v) is 1.57. The zero-order chi connectivity index (χ0) is 9.84. The van der Waals surface area contributed by atoms with Crippen molar-refractivity contribution >= 4 is 5.97 Å². The third kappa shape index (κ3) is 2.24. The first-order valence-electron chi connectivity index (χ1n) is 3.72. The molecule has 0 spiro atoms. The van der Waals surface area contributed by atoms with Crippen LogP contribution in [0.25, 0.3) is 0 Å². The van der Waals surface area contributed by atoms with Crippen molar-refractivity contribution in [1.29, 1.82) is 0 Å². The zero-order valence-corrected chi connectivity index (χ0v) is 6.84. The highest BCUT2D eigenvalue weighted by Gasteiger charge is 2.09. The van der Waals surface area contributed by atoms with E-state index in [9.17, 15) is 4.79 Å². The highest BCUT2D eigenvalue weighted by Crippen LogP contribution is 2.06. The number of hydrogen-bond acceptors (Lipinski definition) is 4. The van der Waals surface area contributed by atoms with E-state index < -0.39 is 12.0 Å². The van der Waals surface area contributed by atoms with Gasteiger partial charge in [-0.05, 0) is 12.1 Å². The molecule has 0 aromatic carbocycles. The molecule has 0 saturated heterocycles. The molecule has 4 N–H and O–H groups in total. The second-order valence-electron chi connectivity index (χ2n) is 2.54. The van der Waals surface area contributed by atoms with Crippen LogP contribution >= 0.6 is 0 Å². The molecule has 0 aliphatic carbocycles. The Morgan fingerprint density at radius 1 is 1.62 bits per heavy atom. The number of aromatic nitrogens is 1. The van der Waals surface area contributed by atoms with Gasteiger partial charge in [-0.15, -0.1) is 0 Å². The van der Waals surface area contributed by atoms with Crippen LogP contribution in [-0.4, -0.2) is 27.8 Å². The number of aliphatic hydroxyl groups excluding tert-OH is 1. The Morgan fingerprint density at radius 2 is 2.31 bits per heavy atom. The van der Waals surface area contributed by atoms with Gasteiger partial charge in [-0.3, -0.25) is 0 Å². The van der Waals surface area contributed by atoms with E-state index in [1.165, 1.54) is 6.07 Å². The van der Waals surface area contributed by atoms with E-state index in [1.54, 1.807) is 12.1 Å². The largest absolute Gasteiger partial charge is 0.477 e. The lowest BCUT2D eigenvalue weighted by Gasteiger charge is -2.06. The quantitative estimate of drug-likeness (QED) is 0.600. The molecule has 1 aromatic rings. The predicted molar refractivity (Wildman–Crippen MR) is 45.2 cm³/mol. The van der Waals surface area contributed by atoms with Gasteiger partial charge >= 0.3 is 5.97 Å². The van der Waals surface area contributed by atoms with Crippen LogP contribution in [0.3, 0.4) is 0 Å². The Bertz CT molecular complexity index is 314. The van der Waals surface area contributed by atoms with Gasteiger partial charge in [-0.1, -0.05) is 6.07 Å². The Labute approximate surface area is 74.8 Å². The first-order valence-corrected chi connectivity index (χ1v) is 3.72. The minimum absolute atomic E-state index is 0.0681. The molecule has 0 fully saturated rings. The maximum atomic E-state index is 10.5. The summed E-state index contributed by atoms with van der Waals surface area (Å²) in [6.45, 7) is -0.254. The van der Waals surface area contributed by atoms with Crippen LogP contribution in [0.5, 0.6) is 0 Å². The fraction of sp³-hybridized carbons (Fsp3) is 0.250. The van der Waals surface area contributed by atoms with Gasteiger partial charge in [0.1, 0.15) is 5.69 Å². The number of aromatic carboxylic acids is 1. The maximum Gasteiger partial charge on any atom is 0.354 e. The molecule has 1 heterocycles. The van der Waals surface area contributed by atoms with Gasteiger partial charge in [0.05, 0.1) is 18.3 Å². The average molecular weight is 182 g/mol. The summed E-state index contributed by atoms with van der Waals surface area (Å²) in [6.07, 6.45) is 0. The molecule has 70 valence electrons. The van der Waals surface area contributed by atoms with E-state index in [-0.39, 0.29) is 12.3 Å². The number of pyridine rings is 1. The number of nitrogens with two attached hydrogens (primary N) is 1. The van der Waals surface area contributed by atoms with Crippen molar-refractivity contribution in [3.8, 4) is 0 Å². The molecule has 0 amide bonds. The summed E-state index contributed by atoms with van der Waals surface area (Å²) in [7, 11) is 0. The molecule has 0 aliphatic heterocycles. The van der Waals surface area contributed by atoms with Crippen LogP contribution in [0.1, 0.15) is 22.2 Å². The SMILES string of the molecule is N[C@H](CO)c1cccc(C(=O)O)n1. The van der Waals surface area contributed by atoms with Gasteiger partial charge in [0.25, 0.3) is 0 Å². The summed E-state index contributed by atoms with van der Waals surface area (Å²) in [5.41, 5.74) is 5.77. The molecule has 0 saturated carbocycles. The first-order chi connectivity index (χ1) is 6.15. The summed E-state index contributed by atoms with van der Waals surface area (Å²) in [5.74, 6) is -1.10. The van der Waals surface area contributed by atoms with Gasteiger partial charge in [0.15, 0.2) is 0 Å². The minimum Gasteiger partial charge on any atom is -0.477 e. The first kappa shape index (κ1) is 9.63. The van der Waals surface area contributed by atoms with Crippen LogP contribution in [0.15, 0.2) is 18.2 Å². The molecule has 0 bridgehead atoms. The summed E-state index contributed by atoms with van der Waals surface area (Å²) in [4.78, 5) is 14.3. The van der Waals surface area contributed by atoms with E-state index in [2.05, 4.69) is 4.98 Å². The van der Waals surface area contributed by atoms with Crippen LogP contribution in [0, 0.1) is 0 Å². The fourth-order valence-electron chi connectivity index (χ4n) is 0.871. The van der Waals surface area contributed by atoms with Gasteiger partial charge in [0.2, 0.25) is 0 Å². The van der Waals surface area contributed by atoms with Crippen molar-refractivity contribution in [1.82, 2.24) is 4.98 Å². The van der Waals surface area contributed by atoms with Crippen molar-refractivity contribution < 1.29 is 15.0 Å². The van der Waals surface area contributed by atoms with Crippen LogP contribution < -0.4 is 5.73 Å². The number of rotatable bonds is 3. The smallest absolute Gasteiger partial charge is 0.354 e. The summed E-state index contributed by atoms with van der Waals surface area (Å²) in [6, 6.07) is 3.86. The molecule has 0 unspecified atom stereocenters. The van der Waals surface area contributed by atoms with E-state index in [0.29, 0.717) is 5.69 Å². The predicted octanol–water partition coefficient (Wildman–Crippen LogP) is -0.228. The number of carboxylic acid groups (broad SMARTS) is 1. The van der Waals surface area contributed by atoms with Crippen molar-refractivity contribution in [3.63, 3.8) is 0 Å². The van der Waals surface area contributed by atoms with Gasteiger partial charge in [-0.2, -0.15) is 0 Å². The molecule has 5 nitrogen and oxygen atoms in total.